The second-order valence-corrected chi connectivity index (χ2v) is 8.82. The lowest BCUT2D eigenvalue weighted by molar-refractivity contribution is -0.139. The Bertz CT molecular complexity index is 1490. The molecule has 4 rings (SSSR count). The fraction of sp³-hybridized carbons (Fsp3) is 0.208. The van der Waals surface area contributed by atoms with E-state index in [0.29, 0.717) is 26.2 Å². The third-order valence-electron chi connectivity index (χ3n) is 5.27. The number of benzene rings is 2. The molecule has 3 aromatic rings. The van der Waals surface area contributed by atoms with E-state index in [0.717, 1.165) is 11.3 Å². The maximum absolute atomic E-state index is 13.6. The molecule has 0 saturated heterocycles. The Hall–Kier alpha value is -3.43. The van der Waals surface area contributed by atoms with Crippen molar-refractivity contribution in [2.24, 2.45) is 4.99 Å². The minimum absolute atomic E-state index is 0.0722. The first-order chi connectivity index (χ1) is 16.2. The van der Waals surface area contributed by atoms with Gasteiger partial charge in [0.1, 0.15) is 5.82 Å². The number of nitrogens with zero attached hydrogens (tertiary/aromatic N) is 2. The molecule has 0 spiro atoms. The zero-order chi connectivity index (χ0) is 24.6. The van der Waals surface area contributed by atoms with Crippen molar-refractivity contribution in [3.8, 4) is 11.5 Å². The van der Waals surface area contributed by atoms with Crippen molar-refractivity contribution >= 4 is 35.0 Å². The maximum Gasteiger partial charge on any atom is 0.338 e. The van der Waals surface area contributed by atoms with E-state index in [1.54, 1.807) is 26.0 Å². The Labute approximate surface area is 202 Å². The molecule has 1 aliphatic heterocycles. The number of allylic oxidation sites excluding steroid dienone is 1. The van der Waals surface area contributed by atoms with E-state index in [9.17, 15) is 19.1 Å². The van der Waals surface area contributed by atoms with Crippen LogP contribution in [0.4, 0.5) is 4.39 Å². The number of halogens is 2. The van der Waals surface area contributed by atoms with E-state index in [-0.39, 0.29) is 28.7 Å². The number of hydrogen-bond donors (Lipinski definition) is 1. The number of phenolic OH excluding ortho intramolecular Hbond substituents is 1. The smallest absolute Gasteiger partial charge is 0.338 e. The van der Waals surface area contributed by atoms with Crippen molar-refractivity contribution in [1.82, 2.24) is 4.57 Å². The van der Waals surface area contributed by atoms with Gasteiger partial charge < -0.3 is 14.6 Å². The number of carbonyl (C=O) groups excluding carboxylic acids is 1. The number of carbonyl (C=O) groups is 1. The van der Waals surface area contributed by atoms with Gasteiger partial charge in [-0.2, -0.15) is 0 Å². The van der Waals surface area contributed by atoms with Crippen LogP contribution < -0.4 is 19.6 Å². The average Bonchev–Trinajstić information content (AvgIpc) is 3.10. The first-order valence-electron chi connectivity index (χ1n) is 10.3. The first-order valence-corrected chi connectivity index (χ1v) is 11.5. The molecule has 0 amide bonds. The molecule has 2 heterocycles. The summed E-state index contributed by atoms with van der Waals surface area (Å²) in [5.74, 6) is -1.07. The van der Waals surface area contributed by atoms with E-state index in [2.05, 4.69) is 4.99 Å². The molecule has 1 aromatic heterocycles. The molecule has 0 unspecified atom stereocenters. The van der Waals surface area contributed by atoms with Crippen LogP contribution in [0.2, 0.25) is 5.02 Å². The summed E-state index contributed by atoms with van der Waals surface area (Å²) in [6, 6.07) is 7.81. The quantitative estimate of drug-likeness (QED) is 0.541. The molecule has 0 saturated carbocycles. The average molecular weight is 503 g/mol. The van der Waals surface area contributed by atoms with Crippen LogP contribution in [-0.2, 0) is 9.53 Å². The van der Waals surface area contributed by atoms with E-state index in [4.69, 9.17) is 21.1 Å². The van der Waals surface area contributed by atoms with Crippen molar-refractivity contribution in [1.29, 1.82) is 0 Å². The molecule has 176 valence electrons. The number of hydrogen-bond acceptors (Lipinski definition) is 7. The number of rotatable bonds is 5. The molecule has 1 N–H and O–H groups in total. The summed E-state index contributed by atoms with van der Waals surface area (Å²) in [5.41, 5.74) is 1.30. The fourth-order valence-electron chi connectivity index (χ4n) is 3.74. The standard InChI is InChI=1S/C24H20ClFN2O5S/c1-4-33-23(31)19-12(2)27-24-28(20(19)14-5-7-15(26)8-6-14)22(30)18(34-24)11-13-9-16(25)21(29)17(10-13)32-3/h5-11,20,29H,4H2,1-3H3/b18-11-/t20-/m0/s1. The van der Waals surface area contributed by atoms with E-state index >= 15 is 0 Å². The van der Waals surface area contributed by atoms with Gasteiger partial charge in [0.15, 0.2) is 16.3 Å². The molecular weight excluding hydrogens is 483 g/mol. The van der Waals surface area contributed by atoms with Gasteiger partial charge in [0.05, 0.1) is 40.6 Å². The van der Waals surface area contributed by atoms with Gasteiger partial charge in [-0.05, 0) is 55.3 Å². The van der Waals surface area contributed by atoms with Crippen LogP contribution in [0.15, 0.2) is 57.5 Å². The Morgan fingerprint density at radius 2 is 2.03 bits per heavy atom. The summed E-state index contributed by atoms with van der Waals surface area (Å²) in [6.45, 7) is 3.51. The maximum atomic E-state index is 13.6. The molecular formula is C24H20ClFN2O5S. The minimum Gasteiger partial charge on any atom is -0.503 e. The van der Waals surface area contributed by atoms with Gasteiger partial charge >= 0.3 is 5.97 Å². The highest BCUT2D eigenvalue weighted by Crippen LogP contribution is 2.35. The fourth-order valence-corrected chi connectivity index (χ4v) is 5.00. The lowest BCUT2D eigenvalue weighted by Gasteiger charge is -2.24. The zero-order valence-electron chi connectivity index (χ0n) is 18.5. The summed E-state index contributed by atoms with van der Waals surface area (Å²) >= 11 is 7.22. The topological polar surface area (TPSA) is 90.1 Å². The lowest BCUT2D eigenvalue weighted by atomic mass is 9.96. The Balaban J connectivity index is 1.95. The Kier molecular flexibility index (Phi) is 6.58. The molecule has 34 heavy (non-hydrogen) atoms. The lowest BCUT2D eigenvalue weighted by Crippen LogP contribution is -2.39. The first kappa shape index (κ1) is 23.7. The summed E-state index contributed by atoms with van der Waals surface area (Å²) in [4.78, 5) is 31.2. The van der Waals surface area contributed by atoms with Gasteiger partial charge in [-0.15, -0.1) is 0 Å². The van der Waals surface area contributed by atoms with Crippen molar-refractivity contribution in [2.75, 3.05) is 13.7 Å². The number of aromatic hydroxyl groups is 1. The van der Waals surface area contributed by atoms with Gasteiger partial charge in [-0.1, -0.05) is 35.1 Å². The SMILES string of the molecule is CCOC(=O)C1=C(C)N=c2s/c(=C\c3cc(Cl)c(O)c(OC)c3)c(=O)n2[C@H]1c1ccc(F)cc1. The number of phenols is 1. The molecule has 0 radical (unpaired) electrons. The predicted molar refractivity (Wildman–Crippen MR) is 126 cm³/mol. The van der Waals surface area contributed by atoms with E-state index < -0.39 is 23.4 Å². The van der Waals surface area contributed by atoms with Gasteiger partial charge in [0, 0.05) is 0 Å². The predicted octanol–water partition coefficient (Wildman–Crippen LogP) is 3.31. The molecule has 10 heteroatoms. The largest absolute Gasteiger partial charge is 0.503 e. The second-order valence-electron chi connectivity index (χ2n) is 7.41. The highest BCUT2D eigenvalue weighted by molar-refractivity contribution is 7.07. The van der Waals surface area contributed by atoms with Crippen LogP contribution in [0, 0.1) is 5.82 Å². The van der Waals surface area contributed by atoms with Gasteiger partial charge in [-0.3, -0.25) is 9.36 Å². The second kappa shape index (κ2) is 9.44. The third-order valence-corrected chi connectivity index (χ3v) is 6.54. The third kappa shape index (κ3) is 4.24. The molecule has 2 aromatic carbocycles. The van der Waals surface area contributed by atoms with Crippen molar-refractivity contribution < 1.29 is 23.8 Å². The molecule has 7 nitrogen and oxygen atoms in total. The number of aromatic nitrogens is 1. The van der Waals surface area contributed by atoms with Gasteiger partial charge in [0.25, 0.3) is 5.56 Å². The Morgan fingerprint density at radius 1 is 1.32 bits per heavy atom. The number of methoxy groups -OCH3 is 1. The molecule has 0 bridgehead atoms. The Morgan fingerprint density at radius 3 is 2.68 bits per heavy atom. The number of ether oxygens (including phenoxy) is 2. The zero-order valence-corrected chi connectivity index (χ0v) is 20.0. The number of fused-ring (bicyclic) bond motifs is 1. The van der Waals surface area contributed by atoms with Gasteiger partial charge in [-0.25, -0.2) is 14.2 Å². The van der Waals surface area contributed by atoms with E-state index in [1.807, 2.05) is 0 Å². The van der Waals surface area contributed by atoms with Crippen molar-refractivity contribution in [2.45, 2.75) is 19.9 Å². The molecule has 0 aliphatic carbocycles. The number of thiazole rings is 1. The normalized spacial score (nSPS) is 15.7. The van der Waals surface area contributed by atoms with Crippen molar-refractivity contribution in [3.05, 3.63) is 89.3 Å². The minimum atomic E-state index is -0.837. The number of esters is 1. The van der Waals surface area contributed by atoms with Crippen LogP contribution >= 0.6 is 22.9 Å². The monoisotopic (exact) mass is 502 g/mol. The van der Waals surface area contributed by atoms with Crippen LogP contribution in [0.25, 0.3) is 6.08 Å². The summed E-state index contributed by atoms with van der Waals surface area (Å²) < 4.78 is 25.7. The highest BCUT2D eigenvalue weighted by Gasteiger charge is 2.33. The highest BCUT2D eigenvalue weighted by atomic mass is 35.5. The van der Waals surface area contributed by atoms with Crippen LogP contribution in [0.1, 0.15) is 31.0 Å². The van der Waals surface area contributed by atoms with E-state index in [1.165, 1.54) is 42.0 Å². The van der Waals surface area contributed by atoms with Crippen LogP contribution in [0.5, 0.6) is 11.5 Å². The van der Waals surface area contributed by atoms with Crippen LogP contribution in [-0.4, -0.2) is 29.4 Å². The summed E-state index contributed by atoms with van der Waals surface area (Å²) in [6.07, 6.45) is 1.60. The van der Waals surface area contributed by atoms with Gasteiger partial charge in [0.2, 0.25) is 0 Å². The van der Waals surface area contributed by atoms with Crippen LogP contribution in [0.3, 0.4) is 0 Å². The van der Waals surface area contributed by atoms with Crippen molar-refractivity contribution in [3.63, 3.8) is 0 Å². The summed E-state index contributed by atoms with van der Waals surface area (Å²) in [7, 11) is 1.39. The molecule has 0 fully saturated rings. The molecule has 1 atom stereocenters. The summed E-state index contributed by atoms with van der Waals surface area (Å²) in [5, 5.41) is 10.1. The molecule has 1 aliphatic rings.